The van der Waals surface area contributed by atoms with E-state index in [4.69, 9.17) is 11.6 Å². The van der Waals surface area contributed by atoms with E-state index in [1.165, 1.54) is 0 Å². The fourth-order valence-electron chi connectivity index (χ4n) is 1.12. The molecular formula is C8H3ClF3NO3. The van der Waals surface area contributed by atoms with Gasteiger partial charge in [0.05, 0.1) is 4.92 Å². The summed E-state index contributed by atoms with van der Waals surface area (Å²) in [5, 5.41) is 8.82. The molecule has 0 radical (unpaired) electrons. The second-order valence-electron chi connectivity index (χ2n) is 2.82. The lowest BCUT2D eigenvalue weighted by Crippen LogP contribution is -2.09. The van der Waals surface area contributed by atoms with Gasteiger partial charge in [-0.25, -0.2) is 8.78 Å². The number of nitro benzene ring substituents is 1. The number of hydrogen-bond donors (Lipinski definition) is 0. The van der Waals surface area contributed by atoms with E-state index in [9.17, 15) is 28.1 Å². The molecule has 0 saturated heterocycles. The molecule has 0 aliphatic rings. The highest BCUT2D eigenvalue weighted by Crippen LogP contribution is 2.31. The van der Waals surface area contributed by atoms with Gasteiger partial charge >= 0.3 is 5.69 Å². The maximum Gasteiger partial charge on any atom is 0.322 e. The highest BCUT2D eigenvalue weighted by atomic mass is 35.5. The van der Waals surface area contributed by atoms with Crippen LogP contribution in [0.25, 0.3) is 0 Å². The molecule has 86 valence electrons. The smallest absolute Gasteiger partial charge is 0.275 e. The van der Waals surface area contributed by atoms with Crippen LogP contribution in [0.5, 0.6) is 0 Å². The summed E-state index contributed by atoms with van der Waals surface area (Å²) >= 11 is 4.88. The van der Waals surface area contributed by atoms with Crippen molar-refractivity contribution in [2.45, 2.75) is 6.92 Å². The first kappa shape index (κ1) is 12.4. The first-order chi connectivity index (χ1) is 7.29. The van der Waals surface area contributed by atoms with Crippen molar-refractivity contribution >= 4 is 22.5 Å². The number of nitrogens with zero attached hydrogens (tertiary/aromatic N) is 1. The van der Waals surface area contributed by atoms with E-state index >= 15 is 0 Å². The average Bonchev–Trinajstić information content (AvgIpc) is 2.18. The van der Waals surface area contributed by atoms with Crippen molar-refractivity contribution in [2.24, 2.45) is 0 Å². The van der Waals surface area contributed by atoms with Gasteiger partial charge in [-0.1, -0.05) is 0 Å². The normalized spacial score (nSPS) is 10.3. The Labute approximate surface area is 91.8 Å². The zero-order chi connectivity index (χ0) is 12.6. The Morgan fingerprint density at radius 1 is 1.25 bits per heavy atom. The van der Waals surface area contributed by atoms with Gasteiger partial charge in [-0.3, -0.25) is 14.9 Å². The Morgan fingerprint density at radius 2 is 1.75 bits per heavy atom. The summed E-state index contributed by atoms with van der Waals surface area (Å²) in [5.41, 5.74) is -3.71. The van der Waals surface area contributed by atoms with E-state index in [2.05, 4.69) is 0 Å². The van der Waals surface area contributed by atoms with Crippen LogP contribution in [0.15, 0.2) is 0 Å². The zero-order valence-corrected chi connectivity index (χ0v) is 8.44. The molecule has 0 saturated carbocycles. The molecule has 0 fully saturated rings. The molecule has 0 heterocycles. The van der Waals surface area contributed by atoms with Crippen molar-refractivity contribution in [3.8, 4) is 0 Å². The highest BCUT2D eigenvalue weighted by molar-refractivity contribution is 6.68. The topological polar surface area (TPSA) is 60.2 Å². The van der Waals surface area contributed by atoms with Gasteiger partial charge in [0.1, 0.15) is 5.82 Å². The molecule has 0 spiro atoms. The largest absolute Gasteiger partial charge is 0.322 e. The molecule has 1 rings (SSSR count). The Hall–Kier alpha value is -1.63. The predicted molar refractivity (Wildman–Crippen MR) is 47.9 cm³/mol. The van der Waals surface area contributed by atoms with Crippen LogP contribution in [0.1, 0.15) is 15.9 Å². The van der Waals surface area contributed by atoms with Crippen molar-refractivity contribution in [1.29, 1.82) is 0 Å². The van der Waals surface area contributed by atoms with Crippen LogP contribution in [0.3, 0.4) is 0 Å². The third kappa shape index (κ3) is 1.73. The van der Waals surface area contributed by atoms with Gasteiger partial charge in [-0.2, -0.15) is 4.39 Å². The van der Waals surface area contributed by atoms with Crippen LogP contribution in [0.4, 0.5) is 18.9 Å². The maximum absolute atomic E-state index is 13.3. The van der Waals surface area contributed by atoms with Gasteiger partial charge in [-0.05, 0) is 18.5 Å². The van der Waals surface area contributed by atoms with Gasteiger partial charge in [0.15, 0.2) is 11.4 Å². The lowest BCUT2D eigenvalue weighted by Gasteiger charge is -2.05. The molecule has 0 bridgehead atoms. The van der Waals surface area contributed by atoms with E-state index < -0.39 is 44.4 Å². The third-order valence-electron chi connectivity index (χ3n) is 1.89. The molecule has 0 N–H and O–H groups in total. The lowest BCUT2D eigenvalue weighted by atomic mass is 10.1. The summed E-state index contributed by atoms with van der Waals surface area (Å²) in [6.45, 7) is 0.834. The molecule has 0 aliphatic heterocycles. The quantitative estimate of drug-likeness (QED) is 0.352. The Morgan fingerprint density at radius 3 is 2.12 bits per heavy atom. The summed E-state index contributed by atoms with van der Waals surface area (Å²) in [7, 11) is 0. The molecule has 1 aromatic rings. The highest BCUT2D eigenvalue weighted by Gasteiger charge is 2.33. The molecule has 8 heteroatoms. The van der Waals surface area contributed by atoms with Crippen molar-refractivity contribution in [1.82, 2.24) is 0 Å². The fourth-order valence-corrected chi connectivity index (χ4v) is 1.29. The van der Waals surface area contributed by atoms with Gasteiger partial charge in [0.2, 0.25) is 5.82 Å². The molecule has 0 aromatic heterocycles. The minimum absolute atomic E-state index is 0.834. The second-order valence-corrected chi connectivity index (χ2v) is 3.16. The van der Waals surface area contributed by atoms with E-state index in [0.29, 0.717) is 0 Å². The van der Waals surface area contributed by atoms with E-state index in [1.54, 1.807) is 0 Å². The maximum atomic E-state index is 13.3. The van der Waals surface area contributed by atoms with Gasteiger partial charge < -0.3 is 0 Å². The SMILES string of the molecule is Cc1c(F)c(F)c([N+](=O)[O-])c(C(=O)Cl)c1F. The number of rotatable bonds is 2. The summed E-state index contributed by atoms with van der Waals surface area (Å²) < 4.78 is 39.4. The van der Waals surface area contributed by atoms with E-state index in [1.807, 2.05) is 0 Å². The zero-order valence-electron chi connectivity index (χ0n) is 7.68. The standard InChI is InChI=1S/C8H3ClF3NO3/c1-2-4(10)3(8(9)14)7(13(15)16)6(12)5(2)11/h1H3. The third-order valence-corrected chi connectivity index (χ3v) is 2.08. The molecule has 1 aromatic carbocycles. The van der Waals surface area contributed by atoms with Crippen LogP contribution in [-0.4, -0.2) is 10.2 Å². The summed E-state index contributed by atoms with van der Waals surface area (Å²) in [5.74, 6) is -5.16. The molecule has 0 unspecified atom stereocenters. The number of carbonyl (C=O) groups is 1. The average molecular weight is 254 g/mol. The van der Waals surface area contributed by atoms with Gasteiger partial charge in [0.25, 0.3) is 5.24 Å². The Bertz CT molecular complexity index is 459. The summed E-state index contributed by atoms with van der Waals surface area (Å²) in [6, 6.07) is 0. The molecule has 16 heavy (non-hydrogen) atoms. The summed E-state index contributed by atoms with van der Waals surface area (Å²) in [4.78, 5) is 19.7. The van der Waals surface area contributed by atoms with Gasteiger partial charge in [0, 0.05) is 5.56 Å². The number of carbonyl (C=O) groups excluding carboxylic acids is 1. The summed E-state index contributed by atoms with van der Waals surface area (Å²) in [6.07, 6.45) is 0. The fraction of sp³-hybridized carbons (Fsp3) is 0.125. The van der Waals surface area contributed by atoms with Crippen LogP contribution in [-0.2, 0) is 0 Å². The van der Waals surface area contributed by atoms with Crippen LogP contribution in [0.2, 0.25) is 0 Å². The first-order valence-corrected chi connectivity index (χ1v) is 4.18. The molecule has 0 aliphatic carbocycles. The van der Waals surface area contributed by atoms with Crippen molar-refractivity contribution < 1.29 is 22.9 Å². The number of benzene rings is 1. The number of nitro groups is 1. The van der Waals surface area contributed by atoms with Crippen LogP contribution in [0, 0.1) is 34.5 Å². The lowest BCUT2D eigenvalue weighted by molar-refractivity contribution is -0.388. The molecular weight excluding hydrogens is 251 g/mol. The number of hydrogen-bond acceptors (Lipinski definition) is 3. The van der Waals surface area contributed by atoms with Crippen LogP contribution < -0.4 is 0 Å². The minimum atomic E-state index is -1.91. The van der Waals surface area contributed by atoms with E-state index in [0.717, 1.165) is 6.92 Å². The Kier molecular flexibility index (Phi) is 3.18. The van der Waals surface area contributed by atoms with Crippen molar-refractivity contribution in [2.75, 3.05) is 0 Å². The second kappa shape index (κ2) is 4.09. The molecule has 0 atom stereocenters. The van der Waals surface area contributed by atoms with Crippen molar-refractivity contribution in [3.05, 3.63) is 38.7 Å². The molecule has 4 nitrogen and oxygen atoms in total. The van der Waals surface area contributed by atoms with Gasteiger partial charge in [-0.15, -0.1) is 0 Å². The monoisotopic (exact) mass is 253 g/mol. The first-order valence-electron chi connectivity index (χ1n) is 3.80. The Balaban J connectivity index is 3.83. The van der Waals surface area contributed by atoms with Crippen molar-refractivity contribution in [3.63, 3.8) is 0 Å². The predicted octanol–water partition coefficient (Wildman–Crippen LogP) is 2.70. The van der Waals surface area contributed by atoms with Crippen LogP contribution >= 0.6 is 11.6 Å². The number of halogens is 4. The molecule has 0 amide bonds. The van der Waals surface area contributed by atoms with E-state index in [-0.39, 0.29) is 0 Å². The minimum Gasteiger partial charge on any atom is -0.275 e.